The number of nitrogens with zero attached hydrogens (tertiary/aromatic N) is 1. The monoisotopic (exact) mass is 223 g/mol. The van der Waals surface area contributed by atoms with Gasteiger partial charge < -0.3 is 4.90 Å². The van der Waals surface area contributed by atoms with Gasteiger partial charge in [-0.2, -0.15) is 12.6 Å². The summed E-state index contributed by atoms with van der Waals surface area (Å²) in [7, 11) is 0. The van der Waals surface area contributed by atoms with Crippen molar-refractivity contribution >= 4 is 12.6 Å². The minimum Gasteiger partial charge on any atom is -0.355 e. The molecule has 0 saturated carbocycles. The van der Waals surface area contributed by atoms with Crippen LogP contribution in [0.2, 0.25) is 0 Å². The molecule has 2 heteroatoms. The minimum absolute atomic E-state index is 0.812. The third kappa shape index (κ3) is 9.42. The van der Waals surface area contributed by atoms with Crippen LogP contribution in [-0.4, -0.2) is 17.2 Å². The summed E-state index contributed by atoms with van der Waals surface area (Å²) in [4.78, 5) is 2.15. The van der Waals surface area contributed by atoms with Crippen LogP contribution in [0.3, 0.4) is 0 Å². The average molecular weight is 223 g/mol. The highest BCUT2D eigenvalue weighted by Crippen LogP contribution is 1.95. The van der Waals surface area contributed by atoms with Crippen molar-refractivity contribution in [3.05, 3.63) is 48.9 Å². The Kier molecular flexibility index (Phi) is 10.5. The quantitative estimate of drug-likeness (QED) is 0.390. The van der Waals surface area contributed by atoms with Gasteiger partial charge in [-0.05, 0) is 32.5 Å². The second kappa shape index (κ2) is 11.2. The van der Waals surface area contributed by atoms with E-state index in [1.165, 1.54) is 0 Å². The normalized spacial score (nSPS) is 12.7. The van der Waals surface area contributed by atoms with E-state index in [9.17, 15) is 0 Å². The highest BCUT2D eigenvalue weighted by atomic mass is 32.1. The summed E-state index contributed by atoms with van der Waals surface area (Å²) in [5.74, 6) is 0.812. The topological polar surface area (TPSA) is 3.24 Å². The Hall–Kier alpha value is -0.890. The SMILES string of the molecule is C/C=C\C=C/N(/C=C\C/C=C\CS)CC. The molecule has 0 spiro atoms. The molecule has 0 aliphatic heterocycles. The van der Waals surface area contributed by atoms with E-state index in [0.29, 0.717) is 0 Å². The highest BCUT2D eigenvalue weighted by molar-refractivity contribution is 7.80. The largest absolute Gasteiger partial charge is 0.355 e. The molecular weight excluding hydrogens is 202 g/mol. The Labute approximate surface area is 99.3 Å². The van der Waals surface area contributed by atoms with Gasteiger partial charge in [-0.15, -0.1) is 0 Å². The van der Waals surface area contributed by atoms with E-state index in [4.69, 9.17) is 0 Å². The van der Waals surface area contributed by atoms with Crippen LogP contribution in [-0.2, 0) is 0 Å². The zero-order valence-corrected chi connectivity index (χ0v) is 10.5. The molecule has 15 heavy (non-hydrogen) atoms. The summed E-state index contributed by atoms with van der Waals surface area (Å²) in [6, 6.07) is 0. The number of rotatable bonds is 7. The molecule has 0 aromatic heterocycles. The van der Waals surface area contributed by atoms with Gasteiger partial charge in [0.15, 0.2) is 0 Å². The molecule has 0 bridgehead atoms. The maximum absolute atomic E-state index is 4.10. The van der Waals surface area contributed by atoms with Crippen LogP contribution in [0.15, 0.2) is 48.9 Å². The van der Waals surface area contributed by atoms with Crippen molar-refractivity contribution in [3.8, 4) is 0 Å². The maximum Gasteiger partial charge on any atom is 0.0191 e. The maximum atomic E-state index is 4.10. The van der Waals surface area contributed by atoms with Crippen molar-refractivity contribution in [3.63, 3.8) is 0 Å². The Morgan fingerprint density at radius 2 is 1.87 bits per heavy atom. The summed E-state index contributed by atoms with van der Waals surface area (Å²) in [6.45, 7) is 5.13. The molecule has 0 fully saturated rings. The number of hydrogen-bond acceptors (Lipinski definition) is 2. The second-order valence-corrected chi connectivity index (χ2v) is 3.34. The first-order valence-electron chi connectivity index (χ1n) is 5.32. The third-order valence-electron chi connectivity index (χ3n) is 1.79. The fourth-order valence-corrected chi connectivity index (χ4v) is 1.13. The molecule has 84 valence electrons. The van der Waals surface area contributed by atoms with Gasteiger partial charge in [0.25, 0.3) is 0 Å². The van der Waals surface area contributed by atoms with Gasteiger partial charge in [0.05, 0.1) is 0 Å². The summed E-state index contributed by atoms with van der Waals surface area (Å²) in [6.07, 6.45) is 17.5. The summed E-state index contributed by atoms with van der Waals surface area (Å²) in [5.41, 5.74) is 0. The van der Waals surface area contributed by atoms with Crippen molar-refractivity contribution in [2.75, 3.05) is 12.3 Å². The fraction of sp³-hybridized carbons (Fsp3) is 0.385. The first kappa shape index (κ1) is 14.1. The van der Waals surface area contributed by atoms with E-state index in [2.05, 4.69) is 55.1 Å². The molecule has 0 atom stereocenters. The van der Waals surface area contributed by atoms with E-state index in [0.717, 1.165) is 18.7 Å². The molecule has 0 aliphatic carbocycles. The van der Waals surface area contributed by atoms with E-state index >= 15 is 0 Å². The molecule has 0 rings (SSSR count). The molecule has 0 aromatic rings. The van der Waals surface area contributed by atoms with Crippen LogP contribution in [0.1, 0.15) is 20.3 Å². The number of hydrogen-bond donors (Lipinski definition) is 1. The van der Waals surface area contributed by atoms with Crippen LogP contribution in [0, 0.1) is 0 Å². The number of allylic oxidation sites excluding steroid dienone is 5. The van der Waals surface area contributed by atoms with Gasteiger partial charge in [-0.1, -0.05) is 30.4 Å². The Balaban J connectivity index is 3.92. The lowest BCUT2D eigenvalue weighted by Gasteiger charge is -2.10. The van der Waals surface area contributed by atoms with Gasteiger partial charge in [0, 0.05) is 18.5 Å². The molecule has 0 heterocycles. The first-order chi connectivity index (χ1) is 7.35. The lowest BCUT2D eigenvalue weighted by molar-refractivity contribution is 0.535. The lowest BCUT2D eigenvalue weighted by atomic mass is 10.3. The zero-order valence-electron chi connectivity index (χ0n) is 9.63. The van der Waals surface area contributed by atoms with E-state index in [1.54, 1.807) is 0 Å². The van der Waals surface area contributed by atoms with Gasteiger partial charge >= 0.3 is 0 Å². The molecule has 0 aromatic carbocycles. The Morgan fingerprint density at radius 1 is 1.07 bits per heavy atom. The highest BCUT2D eigenvalue weighted by Gasteiger charge is 1.85. The van der Waals surface area contributed by atoms with Crippen molar-refractivity contribution in [1.82, 2.24) is 4.90 Å². The van der Waals surface area contributed by atoms with Crippen LogP contribution in [0.25, 0.3) is 0 Å². The molecular formula is C13H21NS. The van der Waals surface area contributed by atoms with Crippen LogP contribution < -0.4 is 0 Å². The molecule has 0 unspecified atom stereocenters. The van der Waals surface area contributed by atoms with Gasteiger partial charge in [0.2, 0.25) is 0 Å². The average Bonchev–Trinajstić information content (AvgIpc) is 2.26. The smallest absolute Gasteiger partial charge is 0.0191 e. The minimum atomic E-state index is 0.812. The summed E-state index contributed by atoms with van der Waals surface area (Å²) in [5, 5.41) is 0. The van der Waals surface area contributed by atoms with Crippen molar-refractivity contribution < 1.29 is 0 Å². The zero-order chi connectivity index (χ0) is 11.4. The Bertz CT molecular complexity index is 239. The van der Waals surface area contributed by atoms with Crippen LogP contribution in [0.4, 0.5) is 0 Å². The van der Waals surface area contributed by atoms with Crippen molar-refractivity contribution in [1.29, 1.82) is 0 Å². The number of thiol groups is 1. The van der Waals surface area contributed by atoms with Crippen LogP contribution >= 0.6 is 12.6 Å². The summed E-state index contributed by atoms with van der Waals surface area (Å²) >= 11 is 4.10. The van der Waals surface area contributed by atoms with Crippen LogP contribution in [0.5, 0.6) is 0 Å². The summed E-state index contributed by atoms with van der Waals surface area (Å²) < 4.78 is 0. The molecule has 0 radical (unpaired) electrons. The van der Waals surface area contributed by atoms with E-state index < -0.39 is 0 Å². The predicted octanol–water partition coefficient (Wildman–Crippen LogP) is 3.79. The predicted molar refractivity (Wildman–Crippen MR) is 73.1 cm³/mol. The van der Waals surface area contributed by atoms with Crippen molar-refractivity contribution in [2.45, 2.75) is 20.3 Å². The lowest BCUT2D eigenvalue weighted by Crippen LogP contribution is -2.07. The Morgan fingerprint density at radius 3 is 2.47 bits per heavy atom. The third-order valence-corrected chi connectivity index (χ3v) is 2.00. The van der Waals surface area contributed by atoms with E-state index in [1.807, 2.05) is 25.2 Å². The van der Waals surface area contributed by atoms with Gasteiger partial charge in [-0.25, -0.2) is 0 Å². The second-order valence-electron chi connectivity index (χ2n) is 2.97. The molecule has 0 N–H and O–H groups in total. The van der Waals surface area contributed by atoms with Gasteiger partial charge in [0.1, 0.15) is 0 Å². The molecule has 0 saturated heterocycles. The first-order valence-corrected chi connectivity index (χ1v) is 5.96. The molecule has 1 nitrogen and oxygen atoms in total. The molecule has 0 aliphatic rings. The van der Waals surface area contributed by atoms with Crippen molar-refractivity contribution in [2.24, 2.45) is 0 Å². The standard InChI is InChI=1S/C13H21NS/c1-3-5-8-11-14(4-2)12-9-6-7-10-13-15/h3,5,7-12,15H,4,6,13H2,1-2H3/b5-3-,10-7-,11-8-,12-9-. The van der Waals surface area contributed by atoms with Gasteiger partial charge in [-0.3, -0.25) is 0 Å². The molecule has 0 amide bonds. The fourth-order valence-electron chi connectivity index (χ4n) is 0.977. The van der Waals surface area contributed by atoms with E-state index in [-0.39, 0.29) is 0 Å².